The third kappa shape index (κ3) is 4.31. The maximum atomic E-state index is 8.69. The average molecular weight is 313 g/mol. The maximum Gasteiger partial charge on any atom is 0.104 e. The lowest BCUT2D eigenvalue weighted by Crippen LogP contribution is -2.23. The molecular formula is C17H17ClN4. The Morgan fingerprint density at radius 1 is 1.09 bits per heavy atom. The van der Waals surface area contributed by atoms with Crippen molar-refractivity contribution in [3.05, 3.63) is 53.6 Å². The number of rotatable bonds is 6. The monoisotopic (exact) mass is 312 g/mol. The average Bonchev–Trinajstić information content (AvgIpc) is 2.56. The van der Waals surface area contributed by atoms with Crippen LogP contribution in [-0.2, 0) is 0 Å². The molecule has 2 aromatic carbocycles. The second-order valence-corrected chi connectivity index (χ2v) is 5.06. The molecule has 0 bridgehead atoms. The van der Waals surface area contributed by atoms with Crippen LogP contribution >= 0.6 is 11.6 Å². The topological polar surface area (TPSA) is 51.8 Å². The van der Waals surface area contributed by atoms with Crippen molar-refractivity contribution in [3.63, 3.8) is 0 Å². The van der Waals surface area contributed by atoms with Gasteiger partial charge in [0.1, 0.15) is 5.69 Å². The fraction of sp³-hybridized carbons (Fsp3) is 0.235. The van der Waals surface area contributed by atoms with Gasteiger partial charge in [-0.2, -0.15) is 10.4 Å². The van der Waals surface area contributed by atoms with Crippen molar-refractivity contribution < 1.29 is 0 Å². The number of nitriles is 1. The summed E-state index contributed by atoms with van der Waals surface area (Å²) in [7, 11) is 0. The molecule has 0 saturated carbocycles. The SMILES string of the molecule is CCN(CCC#N)c1ccc(N=Nc2ccccc2Cl)cc1. The molecule has 0 radical (unpaired) electrons. The Bertz CT molecular complexity index is 674. The number of azo groups is 1. The van der Waals surface area contributed by atoms with Crippen LogP contribution in [-0.4, -0.2) is 13.1 Å². The van der Waals surface area contributed by atoms with Crippen molar-refractivity contribution >= 4 is 28.7 Å². The first kappa shape index (κ1) is 16.0. The Hall–Kier alpha value is -2.38. The summed E-state index contributed by atoms with van der Waals surface area (Å²) in [5.74, 6) is 0. The van der Waals surface area contributed by atoms with Gasteiger partial charge >= 0.3 is 0 Å². The van der Waals surface area contributed by atoms with E-state index in [4.69, 9.17) is 16.9 Å². The molecule has 5 heteroatoms. The van der Waals surface area contributed by atoms with Gasteiger partial charge in [0.2, 0.25) is 0 Å². The highest BCUT2D eigenvalue weighted by molar-refractivity contribution is 6.32. The van der Waals surface area contributed by atoms with Crippen molar-refractivity contribution in [1.29, 1.82) is 5.26 Å². The molecule has 0 heterocycles. The summed E-state index contributed by atoms with van der Waals surface area (Å²) >= 11 is 6.04. The molecule has 112 valence electrons. The van der Waals surface area contributed by atoms with Crippen LogP contribution in [0, 0.1) is 11.3 Å². The highest BCUT2D eigenvalue weighted by Crippen LogP contribution is 2.27. The molecule has 0 saturated heterocycles. The maximum absolute atomic E-state index is 8.69. The largest absolute Gasteiger partial charge is 0.371 e. The van der Waals surface area contributed by atoms with Gasteiger partial charge in [-0.1, -0.05) is 23.7 Å². The van der Waals surface area contributed by atoms with E-state index in [1.165, 1.54) is 0 Å². The summed E-state index contributed by atoms with van der Waals surface area (Å²) in [6.45, 7) is 3.66. The van der Waals surface area contributed by atoms with Gasteiger partial charge in [0, 0.05) is 18.8 Å². The summed E-state index contributed by atoms with van der Waals surface area (Å²) < 4.78 is 0. The lowest BCUT2D eigenvalue weighted by atomic mass is 10.2. The predicted molar refractivity (Wildman–Crippen MR) is 90.2 cm³/mol. The fourth-order valence-electron chi connectivity index (χ4n) is 2.03. The molecule has 0 amide bonds. The van der Waals surface area contributed by atoms with Crippen molar-refractivity contribution in [2.75, 3.05) is 18.0 Å². The van der Waals surface area contributed by atoms with Gasteiger partial charge in [-0.3, -0.25) is 0 Å². The quantitative estimate of drug-likeness (QED) is 0.662. The minimum absolute atomic E-state index is 0.516. The van der Waals surface area contributed by atoms with Crippen molar-refractivity contribution in [3.8, 4) is 6.07 Å². The summed E-state index contributed by atoms with van der Waals surface area (Å²) in [6, 6.07) is 17.3. The molecule has 22 heavy (non-hydrogen) atoms. The third-order valence-electron chi connectivity index (χ3n) is 3.22. The van der Waals surface area contributed by atoms with Crippen molar-refractivity contribution in [1.82, 2.24) is 0 Å². The van der Waals surface area contributed by atoms with Gasteiger partial charge < -0.3 is 4.90 Å². The number of hydrogen-bond donors (Lipinski definition) is 0. The number of halogens is 1. The van der Waals surface area contributed by atoms with E-state index in [1.807, 2.05) is 42.5 Å². The zero-order chi connectivity index (χ0) is 15.8. The molecule has 0 atom stereocenters. The molecule has 0 unspecified atom stereocenters. The van der Waals surface area contributed by atoms with Crippen LogP contribution < -0.4 is 4.90 Å². The van der Waals surface area contributed by atoms with Gasteiger partial charge in [0.05, 0.1) is 23.2 Å². The van der Waals surface area contributed by atoms with E-state index in [0.717, 1.165) is 24.5 Å². The Morgan fingerprint density at radius 2 is 1.82 bits per heavy atom. The van der Waals surface area contributed by atoms with Crippen LogP contribution in [0.1, 0.15) is 13.3 Å². The van der Waals surface area contributed by atoms with E-state index in [1.54, 1.807) is 6.07 Å². The molecule has 0 aromatic heterocycles. The van der Waals surface area contributed by atoms with E-state index >= 15 is 0 Å². The molecule has 2 rings (SSSR count). The molecule has 0 aliphatic rings. The first-order chi connectivity index (χ1) is 10.7. The van der Waals surface area contributed by atoms with E-state index < -0.39 is 0 Å². The van der Waals surface area contributed by atoms with E-state index in [9.17, 15) is 0 Å². The van der Waals surface area contributed by atoms with Crippen LogP contribution in [0.5, 0.6) is 0 Å². The molecular weight excluding hydrogens is 296 g/mol. The Labute approximate surface area is 135 Å². The third-order valence-corrected chi connectivity index (χ3v) is 3.54. The summed E-state index contributed by atoms with van der Waals surface area (Å²) in [6.07, 6.45) is 0.516. The highest BCUT2D eigenvalue weighted by Gasteiger charge is 2.03. The normalized spacial score (nSPS) is 10.6. The number of nitrogens with zero attached hydrogens (tertiary/aromatic N) is 4. The van der Waals surface area contributed by atoms with Gasteiger partial charge in [-0.05, 0) is 43.3 Å². The first-order valence-electron chi connectivity index (χ1n) is 7.13. The molecule has 2 aromatic rings. The second-order valence-electron chi connectivity index (χ2n) is 4.66. The molecule has 4 nitrogen and oxygen atoms in total. The minimum Gasteiger partial charge on any atom is -0.371 e. The van der Waals surface area contributed by atoms with Gasteiger partial charge in [0.25, 0.3) is 0 Å². The number of hydrogen-bond acceptors (Lipinski definition) is 4. The van der Waals surface area contributed by atoms with E-state index in [0.29, 0.717) is 17.1 Å². The molecule has 0 aliphatic carbocycles. The molecule has 0 spiro atoms. The zero-order valence-electron chi connectivity index (χ0n) is 12.4. The first-order valence-corrected chi connectivity index (χ1v) is 7.50. The van der Waals surface area contributed by atoms with Crippen LogP contribution in [0.15, 0.2) is 58.8 Å². The Balaban J connectivity index is 2.09. The van der Waals surface area contributed by atoms with Crippen LogP contribution in [0.3, 0.4) is 0 Å². The molecule has 0 aliphatic heterocycles. The Kier molecular flexibility index (Phi) is 5.93. The van der Waals surface area contributed by atoms with Gasteiger partial charge in [0.15, 0.2) is 0 Å². The summed E-state index contributed by atoms with van der Waals surface area (Å²) in [5.41, 5.74) is 2.49. The standard InChI is InChI=1S/C17H17ClN4/c1-2-22(13-5-12-19)15-10-8-14(9-11-15)20-21-17-7-4-3-6-16(17)18/h3-4,6-11H,2,5,13H2,1H3. The van der Waals surface area contributed by atoms with E-state index in [2.05, 4.69) is 28.1 Å². The van der Waals surface area contributed by atoms with Crippen molar-refractivity contribution in [2.24, 2.45) is 10.2 Å². The Morgan fingerprint density at radius 3 is 2.45 bits per heavy atom. The van der Waals surface area contributed by atoms with Crippen molar-refractivity contribution in [2.45, 2.75) is 13.3 Å². The van der Waals surface area contributed by atoms with Gasteiger partial charge in [-0.15, -0.1) is 5.11 Å². The van der Waals surface area contributed by atoms with Crippen LogP contribution in [0.4, 0.5) is 17.1 Å². The second kappa shape index (κ2) is 8.16. The van der Waals surface area contributed by atoms with Gasteiger partial charge in [-0.25, -0.2) is 0 Å². The molecule has 0 N–H and O–H groups in total. The predicted octanol–water partition coefficient (Wildman–Crippen LogP) is 5.50. The number of anilines is 1. The lowest BCUT2D eigenvalue weighted by Gasteiger charge is -2.21. The molecule has 0 fully saturated rings. The summed E-state index contributed by atoms with van der Waals surface area (Å²) in [5, 5.41) is 17.6. The minimum atomic E-state index is 0.516. The highest BCUT2D eigenvalue weighted by atomic mass is 35.5. The smallest absolute Gasteiger partial charge is 0.104 e. The lowest BCUT2D eigenvalue weighted by molar-refractivity contribution is 0.827. The van der Waals surface area contributed by atoms with Crippen LogP contribution in [0.25, 0.3) is 0 Å². The summed E-state index contributed by atoms with van der Waals surface area (Å²) in [4.78, 5) is 2.15. The number of benzene rings is 2. The fourth-order valence-corrected chi connectivity index (χ4v) is 2.20. The van der Waals surface area contributed by atoms with Crippen LogP contribution in [0.2, 0.25) is 5.02 Å². The van der Waals surface area contributed by atoms with E-state index in [-0.39, 0.29) is 0 Å². The zero-order valence-corrected chi connectivity index (χ0v) is 13.2.